The highest BCUT2D eigenvalue weighted by Gasteiger charge is 2.35. The molecule has 5 aromatic rings. The Morgan fingerprint density at radius 3 is 2.09 bits per heavy atom. The molecule has 0 saturated heterocycles. The fourth-order valence-corrected chi connectivity index (χ4v) is 5.54. The Bertz CT molecular complexity index is 1580. The minimum absolute atomic E-state index is 0.00421. The molecule has 0 bridgehead atoms. The molecule has 2 nitrogen and oxygen atoms in total. The molecule has 166 valence electrons. The fraction of sp³-hybridized carbons (Fsp3) is 0.125. The van der Waals surface area contributed by atoms with Crippen molar-refractivity contribution in [1.82, 2.24) is 0 Å². The van der Waals surface area contributed by atoms with Crippen molar-refractivity contribution in [1.29, 1.82) is 0 Å². The van der Waals surface area contributed by atoms with Crippen LogP contribution in [-0.4, -0.2) is 0 Å². The molecule has 6 rings (SSSR count). The monoisotopic (exact) mass is 440 g/mol. The van der Waals surface area contributed by atoms with Crippen molar-refractivity contribution < 1.29 is 0 Å². The second-order valence-corrected chi connectivity index (χ2v) is 9.79. The van der Waals surface area contributed by atoms with Crippen LogP contribution in [0.1, 0.15) is 30.5 Å². The third-order valence-corrected chi connectivity index (χ3v) is 7.46. The molecular weight excluding hydrogens is 412 g/mol. The van der Waals surface area contributed by atoms with E-state index in [9.17, 15) is 0 Å². The first-order valence-electron chi connectivity index (χ1n) is 11.8. The predicted octanol–water partition coefficient (Wildman–Crippen LogP) is 7.52. The Morgan fingerprint density at radius 1 is 0.588 bits per heavy atom. The molecule has 0 radical (unpaired) electrons. The summed E-state index contributed by atoms with van der Waals surface area (Å²) < 4.78 is 0. The Morgan fingerprint density at radius 2 is 1.26 bits per heavy atom. The van der Waals surface area contributed by atoms with Crippen LogP contribution in [0.25, 0.3) is 44.2 Å². The summed E-state index contributed by atoms with van der Waals surface area (Å²) in [5.74, 6) is 0. The summed E-state index contributed by atoms with van der Waals surface area (Å²) in [7, 11) is 0. The molecule has 0 amide bonds. The van der Waals surface area contributed by atoms with Gasteiger partial charge in [0.25, 0.3) is 0 Å². The molecule has 0 atom stereocenters. The van der Waals surface area contributed by atoms with Gasteiger partial charge in [-0.15, -0.1) is 0 Å². The molecule has 0 aromatic heterocycles. The zero-order valence-electron chi connectivity index (χ0n) is 19.6. The van der Waals surface area contributed by atoms with E-state index in [1.165, 1.54) is 38.6 Å². The largest absolute Gasteiger partial charge is 0.398 e. The second kappa shape index (κ2) is 7.58. The van der Waals surface area contributed by atoms with Crippen molar-refractivity contribution >= 4 is 16.5 Å². The number of hydrogen-bond donors (Lipinski definition) is 2. The molecule has 0 unspecified atom stereocenters. The van der Waals surface area contributed by atoms with E-state index in [0.717, 1.165) is 27.9 Å². The summed E-state index contributed by atoms with van der Waals surface area (Å²) in [6.45, 7) is 5.02. The summed E-state index contributed by atoms with van der Waals surface area (Å²) in [4.78, 5) is 0. The zero-order chi connectivity index (χ0) is 23.4. The van der Waals surface area contributed by atoms with Crippen LogP contribution >= 0.6 is 0 Å². The standard InChI is InChI=1S/C32H28N2/c1-32(2)29-10-6-5-9-26(29)28-17-22(13-14-30(28)32)24-16-25(19-33)31(34)27(18-24)23-12-11-20-7-3-4-8-21(20)15-23/h3-18H,19,33-34H2,1-2H3. The molecule has 0 aliphatic heterocycles. The molecule has 0 fully saturated rings. The van der Waals surface area contributed by atoms with E-state index in [1.54, 1.807) is 0 Å². The third-order valence-electron chi connectivity index (χ3n) is 7.46. The van der Waals surface area contributed by atoms with Crippen molar-refractivity contribution in [2.75, 3.05) is 5.73 Å². The lowest BCUT2D eigenvalue weighted by atomic mass is 9.82. The Hall–Kier alpha value is -3.88. The van der Waals surface area contributed by atoms with E-state index in [0.29, 0.717) is 6.54 Å². The minimum Gasteiger partial charge on any atom is -0.398 e. The number of anilines is 1. The molecular formula is C32H28N2. The van der Waals surface area contributed by atoms with Gasteiger partial charge in [0.1, 0.15) is 0 Å². The van der Waals surface area contributed by atoms with Crippen LogP contribution < -0.4 is 11.5 Å². The first kappa shape index (κ1) is 20.7. The Kier molecular flexibility index (Phi) is 4.62. The molecule has 1 aliphatic rings. The van der Waals surface area contributed by atoms with Gasteiger partial charge >= 0.3 is 0 Å². The topological polar surface area (TPSA) is 52.0 Å². The van der Waals surface area contributed by atoms with Crippen LogP contribution in [0.15, 0.2) is 97.1 Å². The highest BCUT2D eigenvalue weighted by Crippen LogP contribution is 2.49. The molecule has 2 heteroatoms. The maximum atomic E-state index is 6.63. The molecule has 4 N–H and O–H groups in total. The van der Waals surface area contributed by atoms with Gasteiger partial charge in [-0.25, -0.2) is 0 Å². The summed E-state index contributed by atoms with van der Waals surface area (Å²) in [6.07, 6.45) is 0. The number of nitrogens with two attached hydrogens (primary N) is 2. The van der Waals surface area contributed by atoms with Crippen LogP contribution in [0, 0.1) is 0 Å². The van der Waals surface area contributed by atoms with Gasteiger partial charge in [0.2, 0.25) is 0 Å². The molecule has 0 saturated carbocycles. The van der Waals surface area contributed by atoms with E-state index in [4.69, 9.17) is 11.5 Å². The van der Waals surface area contributed by atoms with Crippen molar-refractivity contribution in [3.05, 3.63) is 114 Å². The van der Waals surface area contributed by atoms with Crippen LogP contribution in [-0.2, 0) is 12.0 Å². The van der Waals surface area contributed by atoms with Crippen molar-refractivity contribution in [3.8, 4) is 33.4 Å². The summed E-state index contributed by atoms with van der Waals surface area (Å²) in [6, 6.07) is 34.9. The van der Waals surface area contributed by atoms with Crippen LogP contribution in [0.4, 0.5) is 5.69 Å². The van der Waals surface area contributed by atoms with Gasteiger partial charge in [-0.05, 0) is 79.5 Å². The van der Waals surface area contributed by atoms with Crippen molar-refractivity contribution in [3.63, 3.8) is 0 Å². The number of nitrogen functional groups attached to an aromatic ring is 1. The molecule has 0 spiro atoms. The normalized spacial score (nSPS) is 13.6. The number of rotatable bonds is 3. The maximum Gasteiger partial charge on any atom is 0.0439 e. The van der Waals surface area contributed by atoms with E-state index in [1.807, 2.05) is 0 Å². The Balaban J connectivity index is 1.53. The number of benzene rings is 5. The van der Waals surface area contributed by atoms with Gasteiger partial charge in [-0.1, -0.05) is 86.6 Å². The van der Waals surface area contributed by atoms with Gasteiger partial charge in [-0.2, -0.15) is 0 Å². The molecule has 1 aliphatic carbocycles. The average molecular weight is 441 g/mol. The zero-order valence-corrected chi connectivity index (χ0v) is 19.6. The smallest absolute Gasteiger partial charge is 0.0439 e. The van der Waals surface area contributed by atoms with Gasteiger partial charge in [0.15, 0.2) is 0 Å². The first-order chi connectivity index (χ1) is 16.5. The summed E-state index contributed by atoms with van der Waals surface area (Å²) in [5, 5.41) is 2.43. The van der Waals surface area contributed by atoms with E-state index in [-0.39, 0.29) is 5.41 Å². The molecule has 0 heterocycles. The van der Waals surface area contributed by atoms with E-state index in [2.05, 4.69) is 111 Å². The number of hydrogen-bond acceptors (Lipinski definition) is 2. The predicted molar refractivity (Wildman–Crippen MR) is 145 cm³/mol. The van der Waals surface area contributed by atoms with Crippen LogP contribution in [0.3, 0.4) is 0 Å². The lowest BCUT2D eigenvalue weighted by Gasteiger charge is -2.21. The third kappa shape index (κ3) is 3.07. The van der Waals surface area contributed by atoms with E-state index < -0.39 is 0 Å². The quantitative estimate of drug-likeness (QED) is 0.285. The fourth-order valence-electron chi connectivity index (χ4n) is 5.54. The molecule has 5 aromatic carbocycles. The Labute approximate surface area is 200 Å². The van der Waals surface area contributed by atoms with Gasteiger partial charge < -0.3 is 11.5 Å². The SMILES string of the molecule is CC1(C)c2ccccc2-c2cc(-c3cc(CN)c(N)c(-c4ccc5ccccc5c4)c3)ccc21. The summed E-state index contributed by atoms with van der Waals surface area (Å²) in [5.41, 5.74) is 24.4. The highest BCUT2D eigenvalue weighted by atomic mass is 14.6. The maximum absolute atomic E-state index is 6.63. The van der Waals surface area contributed by atoms with E-state index >= 15 is 0 Å². The minimum atomic E-state index is 0.00421. The first-order valence-corrected chi connectivity index (χ1v) is 11.8. The lowest BCUT2D eigenvalue weighted by molar-refractivity contribution is 0.660. The average Bonchev–Trinajstić information content (AvgIpc) is 3.10. The van der Waals surface area contributed by atoms with Crippen LogP contribution in [0.2, 0.25) is 0 Å². The van der Waals surface area contributed by atoms with Gasteiger partial charge in [-0.3, -0.25) is 0 Å². The molecule has 34 heavy (non-hydrogen) atoms. The van der Waals surface area contributed by atoms with Crippen molar-refractivity contribution in [2.45, 2.75) is 25.8 Å². The second-order valence-electron chi connectivity index (χ2n) is 9.79. The van der Waals surface area contributed by atoms with Gasteiger partial charge in [0.05, 0.1) is 0 Å². The van der Waals surface area contributed by atoms with Crippen LogP contribution in [0.5, 0.6) is 0 Å². The number of fused-ring (bicyclic) bond motifs is 4. The van der Waals surface area contributed by atoms with Crippen molar-refractivity contribution in [2.24, 2.45) is 5.73 Å². The van der Waals surface area contributed by atoms with Gasteiger partial charge in [0, 0.05) is 23.2 Å². The summed E-state index contributed by atoms with van der Waals surface area (Å²) >= 11 is 0. The lowest BCUT2D eigenvalue weighted by Crippen LogP contribution is -2.14. The highest BCUT2D eigenvalue weighted by molar-refractivity contribution is 5.92.